The molecule has 0 unspecified atom stereocenters. The van der Waals surface area contributed by atoms with Gasteiger partial charge in [0.1, 0.15) is 23.2 Å². The van der Waals surface area contributed by atoms with Gasteiger partial charge in [0.2, 0.25) is 0 Å². The molecule has 0 aliphatic carbocycles. The number of alkyl halides is 3. The molecule has 4 aromatic heterocycles. The molecule has 0 fully saturated rings. The second-order valence-corrected chi connectivity index (χ2v) is 9.57. The summed E-state index contributed by atoms with van der Waals surface area (Å²) in [5.74, 6) is 0.121. The van der Waals surface area contributed by atoms with Crippen LogP contribution in [0.4, 0.5) is 13.2 Å². The molecule has 4 aromatic rings. The van der Waals surface area contributed by atoms with Crippen molar-refractivity contribution < 1.29 is 21.6 Å². The summed E-state index contributed by atoms with van der Waals surface area (Å²) in [6, 6.07) is 6.07. The van der Waals surface area contributed by atoms with Gasteiger partial charge in [0.15, 0.2) is 26.5 Å². The number of aromatic nitrogens is 6. The van der Waals surface area contributed by atoms with E-state index in [1.165, 1.54) is 23.1 Å². The third-order valence-electron chi connectivity index (χ3n) is 5.45. The van der Waals surface area contributed by atoms with Crippen molar-refractivity contribution in [1.29, 1.82) is 5.26 Å². The van der Waals surface area contributed by atoms with Crippen LogP contribution in [-0.4, -0.2) is 42.8 Å². The van der Waals surface area contributed by atoms with E-state index in [2.05, 4.69) is 15.0 Å². The molecular formula is C20H18F3N7O2S. The van der Waals surface area contributed by atoms with Crippen LogP contribution in [0.2, 0.25) is 0 Å². The molecule has 0 aliphatic heterocycles. The Morgan fingerprint density at radius 2 is 1.76 bits per heavy atom. The van der Waals surface area contributed by atoms with Crippen molar-refractivity contribution in [2.24, 2.45) is 21.1 Å². The van der Waals surface area contributed by atoms with Crippen LogP contribution in [0.25, 0.3) is 34.1 Å². The number of rotatable bonds is 4. The Kier molecular flexibility index (Phi) is 5.08. The van der Waals surface area contributed by atoms with Crippen LogP contribution < -0.4 is 0 Å². The van der Waals surface area contributed by atoms with E-state index >= 15 is 0 Å². The highest BCUT2D eigenvalue weighted by Crippen LogP contribution is 2.35. The van der Waals surface area contributed by atoms with Crippen LogP contribution in [0.1, 0.15) is 18.3 Å². The van der Waals surface area contributed by atoms with E-state index in [1.54, 1.807) is 30.8 Å². The van der Waals surface area contributed by atoms with Gasteiger partial charge in [-0.1, -0.05) is 6.92 Å². The van der Waals surface area contributed by atoms with Crippen molar-refractivity contribution in [2.45, 2.75) is 18.1 Å². The first-order valence-corrected chi connectivity index (χ1v) is 11.3. The van der Waals surface area contributed by atoms with Crippen LogP contribution in [0.15, 0.2) is 29.4 Å². The smallest absolute Gasteiger partial charge is 0.333 e. The highest BCUT2D eigenvalue weighted by atomic mass is 32.2. The number of fused-ring (bicyclic) bond motifs is 1. The first-order chi connectivity index (χ1) is 15.4. The summed E-state index contributed by atoms with van der Waals surface area (Å²) < 4.78 is 69.7. The predicted octanol–water partition coefficient (Wildman–Crippen LogP) is 3.06. The lowest BCUT2D eigenvalue weighted by molar-refractivity contribution is -0.141. The van der Waals surface area contributed by atoms with Crippen LogP contribution in [-0.2, 0) is 37.2 Å². The Balaban J connectivity index is 2.03. The summed E-state index contributed by atoms with van der Waals surface area (Å²) in [5, 5.41) is 9.13. The van der Waals surface area contributed by atoms with E-state index in [0.29, 0.717) is 11.4 Å². The predicted molar refractivity (Wildman–Crippen MR) is 113 cm³/mol. The Hall–Kier alpha value is -3.66. The number of pyridine rings is 1. The van der Waals surface area contributed by atoms with Gasteiger partial charge in [0.25, 0.3) is 0 Å². The molecule has 0 aromatic carbocycles. The van der Waals surface area contributed by atoms with Gasteiger partial charge >= 0.3 is 6.18 Å². The summed E-state index contributed by atoms with van der Waals surface area (Å²) in [6.07, 6.45) is -3.60. The van der Waals surface area contributed by atoms with Crippen molar-refractivity contribution in [3.63, 3.8) is 0 Å². The van der Waals surface area contributed by atoms with Gasteiger partial charge in [-0.05, 0) is 18.2 Å². The van der Waals surface area contributed by atoms with Crippen LogP contribution >= 0.6 is 0 Å². The Bertz CT molecular complexity index is 1550. The molecule has 4 rings (SSSR count). The normalized spacial score (nSPS) is 12.4. The van der Waals surface area contributed by atoms with Gasteiger partial charge in [-0.25, -0.2) is 23.4 Å². The first kappa shape index (κ1) is 22.5. The first-order valence-electron chi connectivity index (χ1n) is 9.66. The molecule has 13 heteroatoms. The molecular weight excluding hydrogens is 459 g/mol. The SMILES string of the molecule is CCS(=O)(=O)c1c(-c2nc3cc(C(F)(F)F)ncc3n2C)nc(-c2ccc(C#N)n2C)n1C. The molecule has 33 heavy (non-hydrogen) atoms. The van der Waals surface area contributed by atoms with Crippen molar-refractivity contribution in [3.8, 4) is 29.1 Å². The zero-order valence-electron chi connectivity index (χ0n) is 18.0. The number of aryl methyl sites for hydroxylation is 1. The van der Waals surface area contributed by atoms with Gasteiger partial charge in [-0.2, -0.15) is 18.4 Å². The number of hydrogen-bond donors (Lipinski definition) is 0. The molecule has 0 aliphatic rings. The maximum Gasteiger partial charge on any atom is 0.433 e. The number of halogens is 3. The largest absolute Gasteiger partial charge is 0.433 e. The lowest BCUT2D eigenvalue weighted by atomic mass is 10.3. The Morgan fingerprint density at radius 3 is 2.33 bits per heavy atom. The second-order valence-electron chi connectivity index (χ2n) is 7.38. The van der Waals surface area contributed by atoms with E-state index in [0.717, 1.165) is 12.3 Å². The second kappa shape index (κ2) is 7.45. The van der Waals surface area contributed by atoms with E-state index in [1.807, 2.05) is 6.07 Å². The minimum atomic E-state index is -4.65. The zero-order chi connectivity index (χ0) is 24.3. The van der Waals surface area contributed by atoms with E-state index in [-0.39, 0.29) is 39.2 Å². The van der Waals surface area contributed by atoms with E-state index < -0.39 is 21.7 Å². The van der Waals surface area contributed by atoms with Crippen molar-refractivity contribution in [1.82, 2.24) is 28.7 Å². The third-order valence-corrected chi connectivity index (χ3v) is 7.27. The van der Waals surface area contributed by atoms with Crippen molar-refractivity contribution in [2.75, 3.05) is 5.75 Å². The van der Waals surface area contributed by atoms with Gasteiger partial charge in [-0.15, -0.1) is 0 Å². The average Bonchev–Trinajstić information content (AvgIpc) is 3.40. The molecule has 0 spiro atoms. The summed E-state index contributed by atoms with van der Waals surface area (Å²) in [5.41, 5.74) is 0.0377. The molecule has 0 bridgehead atoms. The van der Waals surface area contributed by atoms with Gasteiger partial charge in [0, 0.05) is 21.1 Å². The molecule has 0 radical (unpaired) electrons. The molecule has 172 valence electrons. The maximum atomic E-state index is 13.1. The Morgan fingerprint density at radius 1 is 1.06 bits per heavy atom. The van der Waals surface area contributed by atoms with Crippen molar-refractivity contribution in [3.05, 3.63) is 35.8 Å². The summed E-state index contributed by atoms with van der Waals surface area (Å²) >= 11 is 0. The van der Waals surface area contributed by atoms with E-state index in [9.17, 15) is 26.9 Å². The number of hydrogen-bond acceptors (Lipinski definition) is 6. The minimum Gasteiger partial charge on any atom is -0.333 e. The van der Waals surface area contributed by atoms with Crippen LogP contribution in [0, 0.1) is 11.3 Å². The molecule has 9 nitrogen and oxygen atoms in total. The summed E-state index contributed by atoms with van der Waals surface area (Å²) in [7, 11) is 0.909. The quantitative estimate of drug-likeness (QED) is 0.447. The molecule has 0 amide bonds. The number of sulfone groups is 1. The topological polar surface area (TPSA) is 111 Å². The van der Waals surface area contributed by atoms with Gasteiger partial charge in [0.05, 0.1) is 28.7 Å². The Labute approximate surface area is 186 Å². The van der Waals surface area contributed by atoms with Gasteiger partial charge in [-0.3, -0.25) is 0 Å². The highest BCUT2D eigenvalue weighted by molar-refractivity contribution is 7.91. The lowest BCUT2D eigenvalue weighted by Gasteiger charge is -2.08. The standard InChI is InChI=1S/C20H18F3N7O2S/c1-5-33(31,32)19-16(27-17(30(19)4)13-7-6-11(9-24)28(13)2)18-26-12-8-15(20(21,22)23)25-10-14(12)29(18)3/h6-8,10H,5H2,1-4H3. The molecule has 0 N–H and O–H groups in total. The number of nitriles is 1. The number of imidazole rings is 2. The van der Waals surface area contributed by atoms with E-state index in [4.69, 9.17) is 0 Å². The lowest BCUT2D eigenvalue weighted by Crippen LogP contribution is -2.12. The fourth-order valence-electron chi connectivity index (χ4n) is 3.65. The average molecular weight is 477 g/mol. The summed E-state index contributed by atoms with van der Waals surface area (Å²) in [6.45, 7) is 1.48. The number of nitrogens with zero attached hydrogens (tertiary/aromatic N) is 7. The van der Waals surface area contributed by atoms with Gasteiger partial charge < -0.3 is 13.7 Å². The highest BCUT2D eigenvalue weighted by Gasteiger charge is 2.34. The molecule has 0 saturated carbocycles. The molecule has 0 saturated heterocycles. The monoisotopic (exact) mass is 477 g/mol. The summed E-state index contributed by atoms with van der Waals surface area (Å²) in [4.78, 5) is 12.3. The van der Waals surface area contributed by atoms with Crippen LogP contribution in [0.5, 0.6) is 0 Å². The fourth-order valence-corrected chi connectivity index (χ4v) is 4.86. The molecule has 0 atom stereocenters. The minimum absolute atomic E-state index is 0.00122. The fraction of sp³-hybridized carbons (Fsp3) is 0.300. The third kappa shape index (κ3) is 3.46. The van der Waals surface area contributed by atoms with Crippen LogP contribution in [0.3, 0.4) is 0 Å². The van der Waals surface area contributed by atoms with Crippen molar-refractivity contribution >= 4 is 20.9 Å². The zero-order valence-corrected chi connectivity index (χ0v) is 18.8. The molecule has 4 heterocycles. The maximum absolute atomic E-state index is 13.1.